The average molecular weight is 294 g/mol. The Hall–Kier alpha value is -2.22. The summed E-state index contributed by atoms with van der Waals surface area (Å²) < 4.78 is 0. The van der Waals surface area contributed by atoms with E-state index in [9.17, 15) is 9.59 Å². The molecule has 0 bridgehead atoms. The van der Waals surface area contributed by atoms with Crippen LogP contribution in [0.3, 0.4) is 0 Å². The molecule has 0 saturated heterocycles. The lowest BCUT2D eigenvalue weighted by Gasteiger charge is -2.15. The zero-order chi connectivity index (χ0) is 15.8. The summed E-state index contributed by atoms with van der Waals surface area (Å²) in [6.45, 7) is 1.61. The summed E-state index contributed by atoms with van der Waals surface area (Å²) in [6.07, 6.45) is 2.22. The second-order valence-corrected chi connectivity index (χ2v) is 5.75. The molecule has 2 aromatic rings. The van der Waals surface area contributed by atoms with Crippen LogP contribution in [-0.2, 0) is 16.0 Å². The predicted octanol–water partition coefficient (Wildman–Crippen LogP) is 4.34. The number of carbonyl (C=O) groups is 2. The average Bonchev–Trinajstić information content (AvgIpc) is 2.53. The van der Waals surface area contributed by atoms with Crippen LogP contribution < -0.4 is 0 Å². The van der Waals surface area contributed by atoms with Gasteiger partial charge in [0.1, 0.15) is 11.6 Å². The van der Waals surface area contributed by atoms with Crippen molar-refractivity contribution in [3.8, 4) is 0 Å². The Labute approximate surface area is 132 Å². The molecule has 1 unspecified atom stereocenters. The molecule has 2 nitrogen and oxygen atoms in total. The minimum absolute atomic E-state index is 0.137. The van der Waals surface area contributed by atoms with Crippen LogP contribution in [0.4, 0.5) is 0 Å². The molecule has 2 heteroatoms. The highest BCUT2D eigenvalue weighted by atomic mass is 16.1. The standard InChI is InChI=1S/C20H22O2/c1-16(21)14-19(18-10-6-3-7-11-18)12-13-20(22)15-17-8-4-2-5-9-17/h2-11,19H,12-15H2,1H3. The zero-order valence-corrected chi connectivity index (χ0v) is 13.0. The first-order valence-corrected chi connectivity index (χ1v) is 7.75. The number of ketones is 2. The lowest BCUT2D eigenvalue weighted by atomic mass is 9.88. The molecule has 0 radical (unpaired) electrons. The van der Waals surface area contributed by atoms with Gasteiger partial charge in [-0.1, -0.05) is 60.7 Å². The first-order valence-electron chi connectivity index (χ1n) is 7.75. The summed E-state index contributed by atoms with van der Waals surface area (Å²) in [7, 11) is 0. The first-order chi connectivity index (χ1) is 10.6. The molecule has 0 heterocycles. The third kappa shape index (κ3) is 5.28. The third-order valence-electron chi connectivity index (χ3n) is 3.82. The Morgan fingerprint density at radius 1 is 0.909 bits per heavy atom. The van der Waals surface area contributed by atoms with Crippen LogP contribution >= 0.6 is 0 Å². The van der Waals surface area contributed by atoms with E-state index < -0.39 is 0 Å². The summed E-state index contributed by atoms with van der Waals surface area (Å²) in [4.78, 5) is 23.6. The molecule has 114 valence electrons. The lowest BCUT2D eigenvalue weighted by molar-refractivity contribution is -0.120. The van der Waals surface area contributed by atoms with Crippen molar-refractivity contribution in [1.29, 1.82) is 0 Å². The number of rotatable bonds is 8. The molecule has 0 aromatic heterocycles. The van der Waals surface area contributed by atoms with Gasteiger partial charge in [-0.15, -0.1) is 0 Å². The summed E-state index contributed by atoms with van der Waals surface area (Å²) >= 11 is 0. The van der Waals surface area contributed by atoms with Crippen LogP contribution in [0.15, 0.2) is 60.7 Å². The van der Waals surface area contributed by atoms with Crippen molar-refractivity contribution in [3.63, 3.8) is 0 Å². The second kappa shape index (κ2) is 8.28. The van der Waals surface area contributed by atoms with Crippen LogP contribution in [0.2, 0.25) is 0 Å². The molecule has 0 saturated carbocycles. The Morgan fingerprint density at radius 2 is 1.50 bits per heavy atom. The SMILES string of the molecule is CC(=O)CC(CCC(=O)Cc1ccccc1)c1ccccc1. The topological polar surface area (TPSA) is 34.1 Å². The van der Waals surface area contributed by atoms with E-state index in [1.54, 1.807) is 6.92 Å². The molecule has 0 fully saturated rings. The molecule has 0 amide bonds. The minimum atomic E-state index is 0.137. The fourth-order valence-electron chi connectivity index (χ4n) is 2.71. The molecule has 0 aliphatic heterocycles. The summed E-state index contributed by atoms with van der Waals surface area (Å²) in [5.74, 6) is 0.540. The van der Waals surface area contributed by atoms with Crippen molar-refractivity contribution < 1.29 is 9.59 Å². The molecule has 22 heavy (non-hydrogen) atoms. The van der Waals surface area contributed by atoms with E-state index in [4.69, 9.17) is 0 Å². The van der Waals surface area contributed by atoms with Crippen LogP contribution in [0.25, 0.3) is 0 Å². The van der Waals surface area contributed by atoms with Gasteiger partial charge in [0.05, 0.1) is 0 Å². The van der Waals surface area contributed by atoms with Crippen LogP contribution in [0.5, 0.6) is 0 Å². The number of Topliss-reactive ketones (excluding diaryl/α,β-unsaturated/α-hetero) is 2. The molecule has 1 atom stereocenters. The van der Waals surface area contributed by atoms with Gasteiger partial charge in [-0.05, 0) is 30.4 Å². The first kappa shape index (κ1) is 16.2. The Bertz CT molecular complexity index is 602. The molecular formula is C20H22O2. The van der Waals surface area contributed by atoms with Gasteiger partial charge in [0.15, 0.2) is 0 Å². The maximum Gasteiger partial charge on any atom is 0.137 e. The summed E-state index contributed by atoms with van der Waals surface area (Å²) in [5, 5.41) is 0. The molecule has 0 spiro atoms. The van der Waals surface area contributed by atoms with Crippen molar-refractivity contribution in [3.05, 3.63) is 71.8 Å². The van der Waals surface area contributed by atoms with Crippen LogP contribution in [0, 0.1) is 0 Å². The molecule has 0 aliphatic carbocycles. The van der Waals surface area contributed by atoms with Crippen LogP contribution in [0.1, 0.15) is 43.2 Å². The van der Waals surface area contributed by atoms with E-state index in [1.807, 2.05) is 60.7 Å². The normalized spacial score (nSPS) is 11.9. The van der Waals surface area contributed by atoms with Gasteiger partial charge in [-0.25, -0.2) is 0 Å². The fourth-order valence-corrected chi connectivity index (χ4v) is 2.71. The maximum atomic E-state index is 12.1. The quantitative estimate of drug-likeness (QED) is 0.725. The highest BCUT2D eigenvalue weighted by molar-refractivity contribution is 5.81. The Morgan fingerprint density at radius 3 is 2.09 bits per heavy atom. The Kier molecular flexibility index (Phi) is 6.08. The molecule has 2 aromatic carbocycles. The van der Waals surface area contributed by atoms with Crippen LogP contribution in [-0.4, -0.2) is 11.6 Å². The predicted molar refractivity (Wildman–Crippen MR) is 88.9 cm³/mol. The number of carbonyl (C=O) groups excluding carboxylic acids is 2. The zero-order valence-electron chi connectivity index (χ0n) is 13.0. The lowest BCUT2D eigenvalue weighted by Crippen LogP contribution is -2.09. The van der Waals surface area contributed by atoms with Crippen molar-refractivity contribution in [2.24, 2.45) is 0 Å². The second-order valence-electron chi connectivity index (χ2n) is 5.75. The highest BCUT2D eigenvalue weighted by Gasteiger charge is 2.15. The number of benzene rings is 2. The van der Waals surface area contributed by atoms with Gasteiger partial charge < -0.3 is 4.79 Å². The van der Waals surface area contributed by atoms with Gasteiger partial charge >= 0.3 is 0 Å². The van der Waals surface area contributed by atoms with E-state index in [0.717, 1.165) is 17.5 Å². The molecule has 0 aliphatic rings. The van der Waals surface area contributed by atoms with Gasteiger partial charge in [0.25, 0.3) is 0 Å². The Balaban J connectivity index is 1.93. The van der Waals surface area contributed by atoms with Gasteiger partial charge in [0.2, 0.25) is 0 Å². The fraction of sp³-hybridized carbons (Fsp3) is 0.300. The van der Waals surface area contributed by atoms with E-state index in [-0.39, 0.29) is 17.5 Å². The third-order valence-corrected chi connectivity index (χ3v) is 3.82. The van der Waals surface area contributed by atoms with Gasteiger partial charge in [0, 0.05) is 19.3 Å². The van der Waals surface area contributed by atoms with Gasteiger partial charge in [-0.3, -0.25) is 4.79 Å². The molecule has 0 N–H and O–H groups in total. The minimum Gasteiger partial charge on any atom is -0.300 e. The summed E-state index contributed by atoms with van der Waals surface area (Å²) in [6, 6.07) is 19.8. The smallest absolute Gasteiger partial charge is 0.137 e. The van der Waals surface area contributed by atoms with Crippen molar-refractivity contribution in [2.75, 3.05) is 0 Å². The van der Waals surface area contributed by atoms with Crippen molar-refractivity contribution in [2.45, 2.75) is 38.5 Å². The van der Waals surface area contributed by atoms with E-state index in [1.165, 1.54) is 0 Å². The highest BCUT2D eigenvalue weighted by Crippen LogP contribution is 2.25. The monoisotopic (exact) mass is 294 g/mol. The van der Waals surface area contributed by atoms with E-state index in [0.29, 0.717) is 19.3 Å². The van der Waals surface area contributed by atoms with E-state index in [2.05, 4.69) is 0 Å². The summed E-state index contributed by atoms with van der Waals surface area (Å²) in [5.41, 5.74) is 2.19. The van der Waals surface area contributed by atoms with Crippen molar-refractivity contribution in [1.82, 2.24) is 0 Å². The largest absolute Gasteiger partial charge is 0.300 e. The maximum absolute atomic E-state index is 12.1. The van der Waals surface area contributed by atoms with E-state index >= 15 is 0 Å². The number of hydrogen-bond acceptors (Lipinski definition) is 2. The molecule has 2 rings (SSSR count). The number of hydrogen-bond donors (Lipinski definition) is 0. The van der Waals surface area contributed by atoms with Gasteiger partial charge in [-0.2, -0.15) is 0 Å². The van der Waals surface area contributed by atoms with Crippen molar-refractivity contribution >= 4 is 11.6 Å². The molecular weight excluding hydrogens is 272 g/mol.